The van der Waals surface area contributed by atoms with Crippen LogP contribution >= 0.6 is 0 Å². The lowest BCUT2D eigenvalue weighted by molar-refractivity contribution is -0.0787. The normalized spacial score (nSPS) is 15.6. The van der Waals surface area contributed by atoms with Gasteiger partial charge in [-0.05, 0) is 54.8 Å². The molecule has 1 saturated heterocycles. The molecule has 0 aliphatic carbocycles. The molecule has 2 aromatic carbocycles. The summed E-state index contributed by atoms with van der Waals surface area (Å²) in [5.41, 5.74) is 1.51. The maximum absolute atomic E-state index is 13.6. The first-order valence-electron chi connectivity index (χ1n) is 8.55. The number of aliphatic hydroxyl groups is 1. The van der Waals surface area contributed by atoms with Crippen molar-refractivity contribution in [3.63, 3.8) is 0 Å². The molecule has 5 nitrogen and oxygen atoms in total. The third kappa shape index (κ3) is 3.71. The predicted octanol–water partition coefficient (Wildman–Crippen LogP) is 2.12. The fraction of sp³-hybridized carbons (Fsp3) is 0.350. The first-order chi connectivity index (χ1) is 12.3. The van der Waals surface area contributed by atoms with Crippen LogP contribution < -0.4 is 5.32 Å². The van der Waals surface area contributed by atoms with Crippen LogP contribution in [0.4, 0.5) is 4.39 Å². The van der Waals surface area contributed by atoms with Gasteiger partial charge in [-0.25, -0.2) is 4.39 Å². The van der Waals surface area contributed by atoms with Crippen LogP contribution in [0.3, 0.4) is 0 Å². The molecule has 3 rings (SSSR count). The van der Waals surface area contributed by atoms with Gasteiger partial charge in [0, 0.05) is 18.7 Å². The minimum Gasteiger partial charge on any atom is -0.508 e. The summed E-state index contributed by atoms with van der Waals surface area (Å²) >= 11 is 0. The SMILES string of the molecule is Cc1c(F)ccc(C(=O)N2CC(O)(CNCc3cccc(O)c3)C2)c1C. The van der Waals surface area contributed by atoms with Crippen LogP contribution in [0.1, 0.15) is 27.0 Å². The van der Waals surface area contributed by atoms with Crippen molar-refractivity contribution in [1.29, 1.82) is 0 Å². The van der Waals surface area contributed by atoms with Crippen LogP contribution in [0, 0.1) is 19.7 Å². The molecule has 1 fully saturated rings. The summed E-state index contributed by atoms with van der Waals surface area (Å²) in [6, 6.07) is 9.71. The summed E-state index contributed by atoms with van der Waals surface area (Å²) in [6.07, 6.45) is 0. The molecule has 138 valence electrons. The molecule has 6 heteroatoms. The Bertz CT molecular complexity index is 832. The largest absolute Gasteiger partial charge is 0.508 e. The Balaban J connectivity index is 1.54. The van der Waals surface area contributed by atoms with E-state index in [-0.39, 0.29) is 30.6 Å². The van der Waals surface area contributed by atoms with Crippen LogP contribution in [0.2, 0.25) is 0 Å². The highest BCUT2D eigenvalue weighted by molar-refractivity contribution is 5.96. The molecule has 1 aliphatic heterocycles. The van der Waals surface area contributed by atoms with E-state index in [9.17, 15) is 19.4 Å². The van der Waals surface area contributed by atoms with Crippen LogP contribution in [-0.2, 0) is 6.54 Å². The Morgan fingerprint density at radius 3 is 2.65 bits per heavy atom. The van der Waals surface area contributed by atoms with Gasteiger partial charge in [0.2, 0.25) is 0 Å². The molecule has 0 aromatic heterocycles. The van der Waals surface area contributed by atoms with Crippen molar-refractivity contribution in [2.24, 2.45) is 0 Å². The standard InChI is InChI=1S/C20H23FN2O3/c1-13-14(2)18(21)7-6-17(13)19(25)23-11-20(26,12-23)10-22-9-15-4-3-5-16(24)8-15/h3-8,22,24,26H,9-12H2,1-2H3. The molecule has 0 unspecified atom stereocenters. The topological polar surface area (TPSA) is 72.8 Å². The zero-order chi connectivity index (χ0) is 18.9. The van der Waals surface area contributed by atoms with E-state index < -0.39 is 5.60 Å². The van der Waals surface area contributed by atoms with Crippen molar-refractivity contribution in [1.82, 2.24) is 10.2 Å². The zero-order valence-corrected chi connectivity index (χ0v) is 14.9. The van der Waals surface area contributed by atoms with Crippen molar-refractivity contribution in [2.75, 3.05) is 19.6 Å². The molecule has 0 bridgehead atoms. The van der Waals surface area contributed by atoms with E-state index in [2.05, 4.69) is 5.32 Å². The number of phenols is 1. The predicted molar refractivity (Wildman–Crippen MR) is 96.5 cm³/mol. The van der Waals surface area contributed by atoms with Gasteiger partial charge in [-0.3, -0.25) is 4.79 Å². The Hall–Kier alpha value is -2.44. The second kappa shape index (κ2) is 7.05. The second-order valence-electron chi connectivity index (χ2n) is 7.00. The Kier molecular flexibility index (Phi) is 4.98. The Morgan fingerprint density at radius 2 is 1.96 bits per heavy atom. The van der Waals surface area contributed by atoms with E-state index in [0.717, 1.165) is 5.56 Å². The first-order valence-corrected chi connectivity index (χ1v) is 8.55. The lowest BCUT2D eigenvalue weighted by atomic mass is 9.92. The molecular formula is C20H23FN2O3. The summed E-state index contributed by atoms with van der Waals surface area (Å²) in [4.78, 5) is 14.1. The van der Waals surface area contributed by atoms with Gasteiger partial charge < -0.3 is 20.4 Å². The van der Waals surface area contributed by atoms with E-state index in [1.165, 1.54) is 12.1 Å². The fourth-order valence-electron chi connectivity index (χ4n) is 3.22. The van der Waals surface area contributed by atoms with Crippen LogP contribution in [0.15, 0.2) is 36.4 Å². The molecule has 0 radical (unpaired) electrons. The number of nitrogens with one attached hydrogen (secondary N) is 1. The molecule has 3 N–H and O–H groups in total. The van der Waals surface area contributed by atoms with Crippen molar-refractivity contribution in [2.45, 2.75) is 26.0 Å². The summed E-state index contributed by atoms with van der Waals surface area (Å²) in [6.45, 7) is 4.70. The van der Waals surface area contributed by atoms with Crippen LogP contribution in [0.5, 0.6) is 5.75 Å². The summed E-state index contributed by atoms with van der Waals surface area (Å²) in [5.74, 6) is -0.313. The van der Waals surface area contributed by atoms with Gasteiger partial charge in [-0.2, -0.15) is 0 Å². The average Bonchev–Trinajstić information content (AvgIpc) is 2.57. The molecule has 0 spiro atoms. The highest BCUT2D eigenvalue weighted by Crippen LogP contribution is 2.25. The number of β-amino-alcohol motifs (C(OH)–C–C–N with tert-alkyl or cyclic N) is 1. The molecule has 1 heterocycles. The number of rotatable bonds is 5. The van der Waals surface area contributed by atoms with Crippen molar-refractivity contribution in [3.05, 3.63) is 64.5 Å². The van der Waals surface area contributed by atoms with Crippen molar-refractivity contribution < 1.29 is 19.4 Å². The van der Waals surface area contributed by atoms with Gasteiger partial charge in [0.05, 0.1) is 13.1 Å². The summed E-state index contributed by atoms with van der Waals surface area (Å²) in [5, 5.41) is 23.1. The lowest BCUT2D eigenvalue weighted by Crippen LogP contribution is -2.67. The number of amides is 1. The number of halogens is 1. The van der Waals surface area contributed by atoms with Gasteiger partial charge in [-0.1, -0.05) is 12.1 Å². The number of phenolic OH excluding ortho intramolecular Hbond substituents is 1. The number of carbonyl (C=O) groups excluding carboxylic acids is 1. The lowest BCUT2D eigenvalue weighted by Gasteiger charge is -2.46. The molecule has 1 amide bonds. The van der Waals surface area contributed by atoms with E-state index in [1.54, 1.807) is 36.9 Å². The average molecular weight is 358 g/mol. The van der Waals surface area contributed by atoms with Gasteiger partial charge in [-0.15, -0.1) is 0 Å². The third-order valence-electron chi connectivity index (χ3n) is 4.90. The second-order valence-corrected chi connectivity index (χ2v) is 7.00. The first kappa shape index (κ1) is 18.4. The third-order valence-corrected chi connectivity index (χ3v) is 4.90. The molecule has 26 heavy (non-hydrogen) atoms. The molecule has 0 saturated carbocycles. The van der Waals surface area contributed by atoms with Gasteiger partial charge in [0.1, 0.15) is 17.2 Å². The number of carbonyl (C=O) groups is 1. The van der Waals surface area contributed by atoms with Crippen LogP contribution in [-0.4, -0.2) is 46.3 Å². The molecular weight excluding hydrogens is 335 g/mol. The number of hydrogen-bond acceptors (Lipinski definition) is 4. The zero-order valence-electron chi connectivity index (χ0n) is 14.9. The van der Waals surface area contributed by atoms with Crippen LogP contribution in [0.25, 0.3) is 0 Å². The number of likely N-dealkylation sites (tertiary alicyclic amines) is 1. The molecule has 0 atom stereocenters. The maximum Gasteiger partial charge on any atom is 0.254 e. The van der Waals surface area contributed by atoms with Gasteiger partial charge in [0.25, 0.3) is 5.91 Å². The van der Waals surface area contributed by atoms with E-state index in [0.29, 0.717) is 29.8 Å². The van der Waals surface area contributed by atoms with E-state index in [1.807, 2.05) is 6.07 Å². The highest BCUT2D eigenvalue weighted by Gasteiger charge is 2.43. The van der Waals surface area contributed by atoms with E-state index in [4.69, 9.17) is 0 Å². The number of hydrogen-bond donors (Lipinski definition) is 3. The maximum atomic E-state index is 13.6. The minimum atomic E-state index is -0.977. The van der Waals surface area contributed by atoms with E-state index >= 15 is 0 Å². The van der Waals surface area contributed by atoms with Gasteiger partial charge >= 0.3 is 0 Å². The monoisotopic (exact) mass is 358 g/mol. The number of nitrogens with zero attached hydrogens (tertiary/aromatic N) is 1. The quantitative estimate of drug-likeness (QED) is 0.766. The molecule has 1 aliphatic rings. The number of benzene rings is 2. The Labute approximate surface area is 152 Å². The summed E-state index contributed by atoms with van der Waals surface area (Å²) in [7, 11) is 0. The molecule has 2 aromatic rings. The smallest absolute Gasteiger partial charge is 0.254 e. The highest BCUT2D eigenvalue weighted by atomic mass is 19.1. The van der Waals surface area contributed by atoms with Crippen molar-refractivity contribution >= 4 is 5.91 Å². The minimum absolute atomic E-state index is 0.191. The number of aromatic hydroxyl groups is 1. The van der Waals surface area contributed by atoms with Crippen molar-refractivity contribution in [3.8, 4) is 5.75 Å². The summed E-state index contributed by atoms with van der Waals surface area (Å²) < 4.78 is 13.6. The van der Waals surface area contributed by atoms with Gasteiger partial charge in [0.15, 0.2) is 0 Å². The fourth-order valence-corrected chi connectivity index (χ4v) is 3.22. The Morgan fingerprint density at radius 1 is 1.23 bits per heavy atom.